The molecule has 0 aromatic carbocycles. The van der Waals surface area contributed by atoms with Crippen molar-refractivity contribution in [2.75, 3.05) is 27.2 Å². The van der Waals surface area contributed by atoms with Crippen molar-refractivity contribution in [1.29, 1.82) is 0 Å². The fourth-order valence-corrected chi connectivity index (χ4v) is 2.53. The Morgan fingerprint density at radius 3 is 2.58 bits per heavy atom. The monoisotopic (exact) mass is 168 g/mol. The van der Waals surface area contributed by atoms with Crippen molar-refractivity contribution in [1.82, 2.24) is 9.80 Å². The third-order valence-electron chi connectivity index (χ3n) is 3.44. The molecular formula is C9H16N2O. The van der Waals surface area contributed by atoms with E-state index in [0.717, 1.165) is 13.1 Å². The molecule has 0 N–H and O–H groups in total. The predicted octanol–water partition coefficient (Wildman–Crippen LogP) is 0.0247. The van der Waals surface area contributed by atoms with Crippen molar-refractivity contribution in [3.63, 3.8) is 0 Å². The molecule has 2 fully saturated rings. The minimum Gasteiger partial charge on any atom is -0.342 e. The molecule has 3 heteroatoms. The molecule has 12 heavy (non-hydrogen) atoms. The number of rotatable bonds is 0. The Morgan fingerprint density at radius 1 is 1.33 bits per heavy atom. The van der Waals surface area contributed by atoms with Gasteiger partial charge in [-0.05, 0) is 14.0 Å². The lowest BCUT2D eigenvalue weighted by atomic mass is 9.95. The summed E-state index contributed by atoms with van der Waals surface area (Å²) in [6.07, 6.45) is 0. The van der Waals surface area contributed by atoms with Crippen LogP contribution in [0.1, 0.15) is 6.92 Å². The zero-order valence-electron chi connectivity index (χ0n) is 7.95. The summed E-state index contributed by atoms with van der Waals surface area (Å²) in [5.41, 5.74) is 0. The van der Waals surface area contributed by atoms with Crippen LogP contribution in [0.2, 0.25) is 0 Å². The minimum absolute atomic E-state index is 0.287. The summed E-state index contributed by atoms with van der Waals surface area (Å²) in [6.45, 7) is 4.20. The third-order valence-corrected chi connectivity index (χ3v) is 3.44. The van der Waals surface area contributed by atoms with Gasteiger partial charge in [-0.2, -0.15) is 0 Å². The molecule has 0 unspecified atom stereocenters. The topological polar surface area (TPSA) is 23.6 Å². The molecule has 0 radical (unpaired) electrons. The number of likely N-dealkylation sites (tertiary alicyclic amines) is 2. The van der Waals surface area contributed by atoms with Gasteiger partial charge in [0.25, 0.3) is 0 Å². The average Bonchev–Trinajstić information content (AvgIpc) is 2.49. The van der Waals surface area contributed by atoms with E-state index < -0.39 is 0 Å². The molecule has 0 aromatic heterocycles. The van der Waals surface area contributed by atoms with E-state index in [4.69, 9.17) is 0 Å². The van der Waals surface area contributed by atoms with Crippen molar-refractivity contribution < 1.29 is 4.79 Å². The van der Waals surface area contributed by atoms with Crippen LogP contribution < -0.4 is 0 Å². The molecule has 2 saturated heterocycles. The van der Waals surface area contributed by atoms with E-state index in [9.17, 15) is 4.79 Å². The van der Waals surface area contributed by atoms with E-state index in [1.54, 1.807) is 0 Å². The second-order valence-electron chi connectivity index (χ2n) is 4.18. The van der Waals surface area contributed by atoms with E-state index in [-0.39, 0.29) is 5.92 Å². The van der Waals surface area contributed by atoms with E-state index in [2.05, 4.69) is 18.9 Å². The third kappa shape index (κ3) is 0.891. The van der Waals surface area contributed by atoms with Crippen LogP contribution in [0.15, 0.2) is 0 Å². The van der Waals surface area contributed by atoms with Gasteiger partial charge in [0.1, 0.15) is 0 Å². The Morgan fingerprint density at radius 2 is 2.00 bits per heavy atom. The van der Waals surface area contributed by atoms with Crippen LogP contribution in [0.3, 0.4) is 0 Å². The fraction of sp³-hybridized carbons (Fsp3) is 0.889. The highest BCUT2D eigenvalue weighted by Gasteiger charge is 2.48. The first-order valence-electron chi connectivity index (χ1n) is 4.56. The van der Waals surface area contributed by atoms with Gasteiger partial charge in [-0.15, -0.1) is 0 Å². The highest BCUT2D eigenvalue weighted by molar-refractivity contribution is 5.82. The number of amides is 1. The average molecular weight is 168 g/mol. The van der Waals surface area contributed by atoms with Crippen molar-refractivity contribution in [3.8, 4) is 0 Å². The van der Waals surface area contributed by atoms with Gasteiger partial charge in [0, 0.05) is 32.1 Å². The van der Waals surface area contributed by atoms with E-state index in [1.807, 2.05) is 11.9 Å². The lowest BCUT2D eigenvalue weighted by Crippen LogP contribution is -2.33. The molecule has 68 valence electrons. The van der Waals surface area contributed by atoms with E-state index >= 15 is 0 Å². The maximum absolute atomic E-state index is 11.6. The van der Waals surface area contributed by atoms with Crippen LogP contribution in [0, 0.1) is 11.8 Å². The molecular weight excluding hydrogens is 152 g/mol. The molecule has 3 atom stereocenters. The van der Waals surface area contributed by atoms with Crippen molar-refractivity contribution >= 4 is 5.91 Å². The standard InChI is InChI=1S/C9H16N2O/c1-6-7-4-10(2)5-8(7)9(12)11(6)3/h6-8H,4-5H2,1-3H3/t6-,7-,8-/m0/s1. The van der Waals surface area contributed by atoms with E-state index in [0.29, 0.717) is 17.9 Å². The Hall–Kier alpha value is -0.570. The summed E-state index contributed by atoms with van der Waals surface area (Å²) in [5, 5.41) is 0. The zero-order chi connectivity index (χ0) is 8.88. The van der Waals surface area contributed by atoms with Crippen molar-refractivity contribution in [2.24, 2.45) is 11.8 Å². The Kier molecular flexibility index (Phi) is 1.65. The second kappa shape index (κ2) is 2.46. The molecule has 2 rings (SSSR count). The summed E-state index contributed by atoms with van der Waals surface area (Å²) < 4.78 is 0. The highest BCUT2D eigenvalue weighted by atomic mass is 16.2. The Balaban J connectivity index is 2.21. The quantitative estimate of drug-likeness (QED) is 0.509. The Bertz CT molecular complexity index is 217. The molecule has 0 spiro atoms. The molecule has 0 bridgehead atoms. The summed E-state index contributed by atoms with van der Waals surface area (Å²) in [5.74, 6) is 1.21. The largest absolute Gasteiger partial charge is 0.342 e. The Labute approximate surface area is 73.3 Å². The van der Waals surface area contributed by atoms with Gasteiger partial charge in [0.15, 0.2) is 0 Å². The highest BCUT2D eigenvalue weighted by Crippen LogP contribution is 2.35. The smallest absolute Gasteiger partial charge is 0.227 e. The maximum atomic E-state index is 11.6. The van der Waals surface area contributed by atoms with Gasteiger partial charge in [-0.3, -0.25) is 4.79 Å². The molecule has 0 aliphatic carbocycles. The number of hydrogen-bond donors (Lipinski definition) is 0. The number of nitrogens with zero attached hydrogens (tertiary/aromatic N) is 2. The molecule has 2 heterocycles. The number of carbonyl (C=O) groups excluding carboxylic acids is 1. The molecule has 0 saturated carbocycles. The van der Waals surface area contributed by atoms with E-state index in [1.165, 1.54) is 0 Å². The van der Waals surface area contributed by atoms with Gasteiger partial charge in [0.2, 0.25) is 5.91 Å². The van der Waals surface area contributed by atoms with Gasteiger partial charge in [-0.25, -0.2) is 0 Å². The van der Waals surface area contributed by atoms with Gasteiger partial charge >= 0.3 is 0 Å². The SMILES string of the molecule is C[C@H]1[C@@H]2CN(C)C[C@@H]2C(=O)N1C. The fourth-order valence-electron chi connectivity index (χ4n) is 2.53. The molecule has 2 aliphatic rings. The number of fused-ring (bicyclic) bond motifs is 1. The van der Waals surface area contributed by atoms with Gasteiger partial charge in [0.05, 0.1) is 5.92 Å². The summed E-state index contributed by atoms with van der Waals surface area (Å²) in [4.78, 5) is 15.8. The maximum Gasteiger partial charge on any atom is 0.227 e. The number of carbonyl (C=O) groups is 1. The lowest BCUT2D eigenvalue weighted by Gasteiger charge is -2.21. The van der Waals surface area contributed by atoms with Crippen LogP contribution >= 0.6 is 0 Å². The summed E-state index contributed by atoms with van der Waals surface area (Å²) >= 11 is 0. The van der Waals surface area contributed by atoms with Crippen LogP contribution in [0.4, 0.5) is 0 Å². The molecule has 0 aromatic rings. The first kappa shape index (κ1) is 8.05. The van der Waals surface area contributed by atoms with Crippen LogP contribution in [-0.2, 0) is 4.79 Å². The first-order valence-corrected chi connectivity index (χ1v) is 4.56. The second-order valence-corrected chi connectivity index (χ2v) is 4.18. The molecule has 1 amide bonds. The summed E-state index contributed by atoms with van der Waals surface area (Å²) in [7, 11) is 4.02. The van der Waals surface area contributed by atoms with Gasteiger partial charge in [-0.1, -0.05) is 0 Å². The van der Waals surface area contributed by atoms with Crippen LogP contribution in [0.5, 0.6) is 0 Å². The lowest BCUT2D eigenvalue weighted by molar-refractivity contribution is -0.130. The predicted molar refractivity (Wildman–Crippen MR) is 46.7 cm³/mol. The number of hydrogen-bond acceptors (Lipinski definition) is 2. The van der Waals surface area contributed by atoms with Crippen LogP contribution in [0.25, 0.3) is 0 Å². The molecule has 3 nitrogen and oxygen atoms in total. The van der Waals surface area contributed by atoms with Gasteiger partial charge < -0.3 is 9.80 Å². The summed E-state index contributed by atoms with van der Waals surface area (Å²) in [6, 6.07) is 0.437. The van der Waals surface area contributed by atoms with Crippen LogP contribution in [-0.4, -0.2) is 48.9 Å². The van der Waals surface area contributed by atoms with Crippen molar-refractivity contribution in [3.05, 3.63) is 0 Å². The normalized spacial score (nSPS) is 42.4. The van der Waals surface area contributed by atoms with Crippen molar-refractivity contribution in [2.45, 2.75) is 13.0 Å². The zero-order valence-corrected chi connectivity index (χ0v) is 7.95. The molecule has 2 aliphatic heterocycles. The first-order chi connectivity index (χ1) is 5.61. The minimum atomic E-state index is 0.287.